The number of nitrogens with one attached hydrogen (secondary N) is 1. The van der Waals surface area contributed by atoms with Crippen molar-refractivity contribution in [3.05, 3.63) is 23.8 Å². The molecule has 8 nitrogen and oxygen atoms in total. The molecule has 1 fully saturated rings. The van der Waals surface area contributed by atoms with E-state index in [0.29, 0.717) is 43.0 Å². The number of rotatable bonds is 6. The van der Waals surface area contributed by atoms with Gasteiger partial charge in [0.2, 0.25) is 5.91 Å². The molecule has 1 aliphatic heterocycles. The average molecular weight is 364 g/mol. The Morgan fingerprint density at radius 3 is 2.12 bits per heavy atom. The molecule has 0 aliphatic carbocycles. The lowest BCUT2D eigenvalue weighted by Gasteiger charge is -2.31. The molecule has 2 amide bonds. The molecular weight excluding hydrogens is 340 g/mol. The number of amides is 2. The third kappa shape index (κ3) is 4.65. The van der Waals surface area contributed by atoms with E-state index in [1.807, 2.05) is 0 Å². The summed E-state index contributed by atoms with van der Waals surface area (Å²) in [5, 5.41) is 11.3. The smallest absolute Gasteiger partial charge is 0.325 e. The molecule has 0 saturated carbocycles. The van der Waals surface area contributed by atoms with E-state index in [1.165, 1.54) is 21.1 Å². The number of carbonyl (C=O) groups is 3. The molecule has 8 heteroatoms. The Bertz CT molecular complexity index is 660. The van der Waals surface area contributed by atoms with Crippen molar-refractivity contribution in [3.63, 3.8) is 0 Å². The number of benzene rings is 1. The Hall–Kier alpha value is -2.77. The summed E-state index contributed by atoms with van der Waals surface area (Å²) in [6, 6.07) is 4.07. The van der Waals surface area contributed by atoms with Crippen molar-refractivity contribution in [2.75, 3.05) is 27.3 Å². The molecule has 1 heterocycles. The van der Waals surface area contributed by atoms with Crippen molar-refractivity contribution in [2.45, 2.75) is 25.8 Å². The fraction of sp³-hybridized carbons (Fsp3) is 0.500. The largest absolute Gasteiger partial charge is 0.497 e. The highest BCUT2D eigenvalue weighted by Crippen LogP contribution is 2.25. The predicted octanol–water partition coefficient (Wildman–Crippen LogP) is 1.15. The van der Waals surface area contributed by atoms with Gasteiger partial charge >= 0.3 is 5.97 Å². The third-order valence-corrected chi connectivity index (χ3v) is 4.48. The Morgan fingerprint density at radius 1 is 1.12 bits per heavy atom. The Labute approximate surface area is 152 Å². The molecule has 0 spiro atoms. The highest BCUT2D eigenvalue weighted by molar-refractivity contribution is 5.95. The maximum atomic E-state index is 12.7. The number of aliphatic carboxylic acids is 1. The van der Waals surface area contributed by atoms with Crippen molar-refractivity contribution in [2.24, 2.45) is 5.92 Å². The molecule has 26 heavy (non-hydrogen) atoms. The molecule has 0 unspecified atom stereocenters. The lowest BCUT2D eigenvalue weighted by Crippen LogP contribution is -2.46. The number of likely N-dealkylation sites (tertiary alicyclic amines) is 1. The van der Waals surface area contributed by atoms with Crippen LogP contribution >= 0.6 is 0 Å². The number of hydrogen-bond acceptors (Lipinski definition) is 5. The van der Waals surface area contributed by atoms with Gasteiger partial charge in [0.1, 0.15) is 17.5 Å². The summed E-state index contributed by atoms with van der Waals surface area (Å²) in [4.78, 5) is 37.3. The van der Waals surface area contributed by atoms with Crippen LogP contribution in [0.25, 0.3) is 0 Å². The van der Waals surface area contributed by atoms with Crippen LogP contribution in [0.15, 0.2) is 18.2 Å². The fourth-order valence-electron chi connectivity index (χ4n) is 2.85. The van der Waals surface area contributed by atoms with E-state index < -0.39 is 12.0 Å². The van der Waals surface area contributed by atoms with Gasteiger partial charge in [-0.25, -0.2) is 0 Å². The lowest BCUT2D eigenvalue weighted by molar-refractivity contribution is -0.142. The van der Waals surface area contributed by atoms with Gasteiger partial charge in [-0.05, 0) is 31.9 Å². The maximum absolute atomic E-state index is 12.7. The Kier molecular flexibility index (Phi) is 6.43. The zero-order chi connectivity index (χ0) is 19.3. The molecule has 0 bridgehead atoms. The number of carboxylic acids is 1. The maximum Gasteiger partial charge on any atom is 0.325 e. The number of ether oxygens (including phenoxy) is 2. The van der Waals surface area contributed by atoms with Crippen molar-refractivity contribution >= 4 is 17.8 Å². The van der Waals surface area contributed by atoms with Crippen LogP contribution in [-0.4, -0.2) is 61.1 Å². The molecule has 2 rings (SSSR count). The zero-order valence-corrected chi connectivity index (χ0v) is 15.2. The standard InChI is InChI=1S/C18H24N2O6/c1-11(18(23)24)19-16(21)12-4-6-20(7-5-12)17(22)13-8-14(25-2)10-15(9-13)26-3/h8-12H,4-7H2,1-3H3,(H,19,21)(H,23,24)/t11-/m1/s1. The molecule has 1 aromatic rings. The molecule has 142 valence electrons. The van der Waals surface area contributed by atoms with Gasteiger partial charge in [0.15, 0.2) is 0 Å². The van der Waals surface area contributed by atoms with Crippen molar-refractivity contribution < 1.29 is 29.0 Å². The van der Waals surface area contributed by atoms with Gasteiger partial charge in [-0.15, -0.1) is 0 Å². The van der Waals surface area contributed by atoms with Gasteiger partial charge in [0.05, 0.1) is 14.2 Å². The molecular formula is C18H24N2O6. The summed E-state index contributed by atoms with van der Waals surface area (Å²) in [5.41, 5.74) is 0.462. The lowest BCUT2D eigenvalue weighted by atomic mass is 9.95. The van der Waals surface area contributed by atoms with E-state index in [1.54, 1.807) is 23.1 Å². The van der Waals surface area contributed by atoms with Gasteiger partial charge in [0, 0.05) is 30.6 Å². The highest BCUT2D eigenvalue weighted by Gasteiger charge is 2.29. The van der Waals surface area contributed by atoms with Gasteiger partial charge in [-0.2, -0.15) is 0 Å². The molecule has 0 aromatic heterocycles. The van der Waals surface area contributed by atoms with Crippen molar-refractivity contribution in [1.82, 2.24) is 10.2 Å². The van der Waals surface area contributed by atoms with Crippen LogP contribution in [0.5, 0.6) is 11.5 Å². The van der Waals surface area contributed by atoms with Crippen molar-refractivity contribution in [3.8, 4) is 11.5 Å². The number of carbonyl (C=O) groups excluding carboxylic acids is 2. The van der Waals surface area contributed by atoms with Gasteiger partial charge in [-0.3, -0.25) is 14.4 Å². The molecule has 1 aromatic carbocycles. The summed E-state index contributed by atoms with van der Waals surface area (Å²) < 4.78 is 10.4. The first-order valence-corrected chi connectivity index (χ1v) is 8.41. The summed E-state index contributed by atoms with van der Waals surface area (Å²) in [6.45, 7) is 2.28. The van der Waals surface area contributed by atoms with Crippen LogP contribution in [0.3, 0.4) is 0 Å². The quantitative estimate of drug-likeness (QED) is 0.784. The van der Waals surface area contributed by atoms with Crippen LogP contribution in [-0.2, 0) is 9.59 Å². The van der Waals surface area contributed by atoms with Gasteiger partial charge < -0.3 is 24.8 Å². The van der Waals surface area contributed by atoms with E-state index in [9.17, 15) is 14.4 Å². The predicted molar refractivity (Wildman–Crippen MR) is 93.4 cm³/mol. The molecule has 0 radical (unpaired) electrons. The third-order valence-electron chi connectivity index (χ3n) is 4.48. The minimum absolute atomic E-state index is 0.153. The molecule has 2 N–H and O–H groups in total. The van der Waals surface area contributed by atoms with Crippen LogP contribution in [0, 0.1) is 5.92 Å². The number of hydrogen-bond donors (Lipinski definition) is 2. The summed E-state index contributed by atoms with van der Waals surface area (Å²) >= 11 is 0. The summed E-state index contributed by atoms with van der Waals surface area (Å²) in [7, 11) is 3.04. The van der Waals surface area contributed by atoms with Crippen LogP contribution in [0.2, 0.25) is 0 Å². The van der Waals surface area contributed by atoms with Crippen molar-refractivity contribution in [1.29, 1.82) is 0 Å². The van der Waals surface area contributed by atoms with Crippen LogP contribution in [0.1, 0.15) is 30.1 Å². The number of nitrogens with zero attached hydrogens (tertiary/aromatic N) is 1. The summed E-state index contributed by atoms with van der Waals surface area (Å²) in [6.07, 6.45) is 0.982. The zero-order valence-electron chi connectivity index (χ0n) is 15.2. The minimum atomic E-state index is -1.07. The van der Waals surface area contributed by atoms with Crippen LogP contribution in [0.4, 0.5) is 0 Å². The second-order valence-electron chi connectivity index (χ2n) is 6.24. The second kappa shape index (κ2) is 8.55. The van der Waals surface area contributed by atoms with E-state index in [-0.39, 0.29) is 17.7 Å². The summed E-state index contributed by atoms with van der Waals surface area (Å²) in [5.74, 6) is -0.733. The Morgan fingerprint density at radius 2 is 1.65 bits per heavy atom. The molecule has 1 aliphatic rings. The van der Waals surface area contributed by atoms with E-state index >= 15 is 0 Å². The SMILES string of the molecule is COc1cc(OC)cc(C(=O)N2CCC(C(=O)N[C@H](C)C(=O)O)CC2)c1. The Balaban J connectivity index is 1.98. The first-order valence-electron chi connectivity index (χ1n) is 8.41. The van der Waals surface area contributed by atoms with Gasteiger partial charge in [-0.1, -0.05) is 0 Å². The number of methoxy groups -OCH3 is 2. The first kappa shape index (κ1) is 19.6. The van der Waals surface area contributed by atoms with E-state index in [4.69, 9.17) is 14.6 Å². The number of carboxylic acid groups (broad SMARTS) is 1. The highest BCUT2D eigenvalue weighted by atomic mass is 16.5. The fourth-order valence-corrected chi connectivity index (χ4v) is 2.85. The number of piperidine rings is 1. The average Bonchev–Trinajstić information content (AvgIpc) is 2.66. The van der Waals surface area contributed by atoms with E-state index in [0.717, 1.165) is 0 Å². The molecule has 1 saturated heterocycles. The molecule has 1 atom stereocenters. The van der Waals surface area contributed by atoms with Crippen LogP contribution < -0.4 is 14.8 Å². The second-order valence-corrected chi connectivity index (χ2v) is 6.24. The van der Waals surface area contributed by atoms with Gasteiger partial charge in [0.25, 0.3) is 5.91 Å². The normalized spacial score (nSPS) is 15.9. The van der Waals surface area contributed by atoms with E-state index in [2.05, 4.69) is 5.32 Å². The first-order chi connectivity index (χ1) is 12.3. The topological polar surface area (TPSA) is 105 Å². The monoisotopic (exact) mass is 364 g/mol. The minimum Gasteiger partial charge on any atom is -0.497 e.